The number of carbonyl (C=O) groups excluding carboxylic acids is 2. The Balaban J connectivity index is 1.95. The minimum Gasteiger partial charge on any atom is -0.454 e. The van der Waals surface area contributed by atoms with E-state index >= 15 is 0 Å². The number of hydrogen-bond donors (Lipinski definition) is 1. The maximum Gasteiger partial charge on any atom is 0.326 e. The van der Waals surface area contributed by atoms with Crippen LogP contribution in [-0.4, -0.2) is 35.5 Å². The van der Waals surface area contributed by atoms with Crippen LogP contribution in [0.4, 0.5) is 4.79 Å². The number of ether oxygens (including phenoxy) is 2. The lowest BCUT2D eigenvalue weighted by Gasteiger charge is -2.25. The fourth-order valence-corrected chi connectivity index (χ4v) is 2.95. The average Bonchev–Trinajstić information content (AvgIpc) is 3.12. The van der Waals surface area contributed by atoms with Crippen molar-refractivity contribution in [1.82, 2.24) is 10.2 Å². The van der Waals surface area contributed by atoms with E-state index in [1.807, 2.05) is 6.92 Å². The highest BCUT2D eigenvalue weighted by atomic mass is 79.9. The number of rotatable bonds is 3. The second kappa shape index (κ2) is 6.13. The number of hydrogen-bond acceptors (Lipinski definition) is 4. The van der Waals surface area contributed by atoms with Gasteiger partial charge >= 0.3 is 6.03 Å². The molecule has 2 heterocycles. The SMILES string of the molecule is CCC1(c2ccc3c(c2)OCO3)NC(=O)N(CC#CCBr)C1=O. The first-order chi connectivity index (χ1) is 11.1. The van der Waals surface area contributed by atoms with Gasteiger partial charge < -0.3 is 14.8 Å². The third-order valence-corrected chi connectivity index (χ3v) is 4.28. The minimum atomic E-state index is -1.09. The fourth-order valence-electron chi connectivity index (χ4n) is 2.75. The van der Waals surface area contributed by atoms with Crippen LogP contribution >= 0.6 is 15.9 Å². The maximum atomic E-state index is 12.9. The van der Waals surface area contributed by atoms with E-state index in [0.717, 1.165) is 4.90 Å². The summed E-state index contributed by atoms with van der Waals surface area (Å²) < 4.78 is 10.7. The Labute approximate surface area is 142 Å². The van der Waals surface area contributed by atoms with Crippen LogP contribution in [0.5, 0.6) is 11.5 Å². The lowest BCUT2D eigenvalue weighted by Crippen LogP contribution is -2.43. The van der Waals surface area contributed by atoms with Gasteiger partial charge in [0.15, 0.2) is 11.5 Å². The molecule has 3 rings (SSSR count). The number of imide groups is 1. The van der Waals surface area contributed by atoms with E-state index in [-0.39, 0.29) is 19.2 Å². The smallest absolute Gasteiger partial charge is 0.326 e. The van der Waals surface area contributed by atoms with Crippen LogP contribution in [0, 0.1) is 11.8 Å². The number of fused-ring (bicyclic) bond motifs is 1. The van der Waals surface area contributed by atoms with Crippen LogP contribution in [0.15, 0.2) is 18.2 Å². The molecule has 0 aliphatic carbocycles. The maximum absolute atomic E-state index is 12.9. The van der Waals surface area contributed by atoms with Gasteiger partial charge in [0, 0.05) is 0 Å². The van der Waals surface area contributed by atoms with Gasteiger partial charge in [0.05, 0.1) is 11.9 Å². The molecule has 1 unspecified atom stereocenters. The normalized spacial score (nSPS) is 21.9. The number of urea groups is 1. The Kier molecular flexibility index (Phi) is 4.18. The zero-order valence-corrected chi connectivity index (χ0v) is 14.1. The van der Waals surface area contributed by atoms with Crippen molar-refractivity contribution in [2.24, 2.45) is 0 Å². The molecular formula is C16H15BrN2O4. The van der Waals surface area contributed by atoms with Gasteiger partial charge in [-0.1, -0.05) is 40.8 Å². The molecule has 1 N–H and O–H groups in total. The second-order valence-electron chi connectivity index (χ2n) is 5.14. The topological polar surface area (TPSA) is 67.9 Å². The monoisotopic (exact) mass is 378 g/mol. The number of carbonyl (C=O) groups is 2. The zero-order valence-electron chi connectivity index (χ0n) is 12.5. The fraction of sp³-hybridized carbons (Fsp3) is 0.375. The molecule has 1 saturated heterocycles. The molecule has 7 heteroatoms. The Morgan fingerprint density at radius 3 is 2.83 bits per heavy atom. The molecule has 1 fully saturated rings. The van der Waals surface area contributed by atoms with Crippen molar-refractivity contribution in [3.05, 3.63) is 23.8 Å². The molecule has 1 aromatic rings. The van der Waals surface area contributed by atoms with Gasteiger partial charge in [-0.05, 0) is 24.1 Å². The molecule has 6 nitrogen and oxygen atoms in total. The van der Waals surface area contributed by atoms with E-state index in [4.69, 9.17) is 9.47 Å². The van der Waals surface area contributed by atoms with E-state index in [9.17, 15) is 9.59 Å². The molecule has 23 heavy (non-hydrogen) atoms. The Bertz CT molecular complexity index is 725. The van der Waals surface area contributed by atoms with Gasteiger partial charge in [0.2, 0.25) is 6.79 Å². The first kappa shape index (κ1) is 15.7. The highest BCUT2D eigenvalue weighted by Crippen LogP contribution is 2.39. The molecule has 1 aromatic carbocycles. The van der Waals surface area contributed by atoms with Crippen molar-refractivity contribution >= 4 is 27.9 Å². The largest absolute Gasteiger partial charge is 0.454 e. The predicted octanol–water partition coefficient (Wildman–Crippen LogP) is 1.97. The van der Waals surface area contributed by atoms with Gasteiger partial charge in [-0.2, -0.15) is 0 Å². The van der Waals surface area contributed by atoms with Crippen molar-refractivity contribution in [2.45, 2.75) is 18.9 Å². The molecule has 2 aliphatic heterocycles. The quantitative estimate of drug-likeness (QED) is 0.496. The van der Waals surface area contributed by atoms with Crippen molar-refractivity contribution in [3.8, 4) is 23.3 Å². The van der Waals surface area contributed by atoms with E-state index in [1.165, 1.54) is 0 Å². The van der Waals surface area contributed by atoms with E-state index in [0.29, 0.717) is 28.8 Å². The van der Waals surface area contributed by atoms with Crippen LogP contribution in [-0.2, 0) is 10.3 Å². The molecule has 0 spiro atoms. The standard InChI is InChI=1S/C16H15BrN2O4/c1-2-16(11-5-6-12-13(9-11)23-10-22-12)14(20)19(15(21)18-16)8-4-3-7-17/h5-6,9H,2,7-8,10H2,1H3,(H,18,21). The first-order valence-electron chi connectivity index (χ1n) is 7.18. The summed E-state index contributed by atoms with van der Waals surface area (Å²) in [5.74, 6) is 6.50. The predicted molar refractivity (Wildman–Crippen MR) is 86.3 cm³/mol. The van der Waals surface area contributed by atoms with Gasteiger partial charge in [-0.25, -0.2) is 4.79 Å². The molecule has 1 atom stereocenters. The molecule has 0 aromatic heterocycles. The first-order valence-corrected chi connectivity index (χ1v) is 8.30. The highest BCUT2D eigenvalue weighted by Gasteiger charge is 2.51. The van der Waals surface area contributed by atoms with Crippen molar-refractivity contribution < 1.29 is 19.1 Å². The average molecular weight is 379 g/mol. The van der Waals surface area contributed by atoms with Gasteiger partial charge in [-0.15, -0.1) is 0 Å². The summed E-state index contributed by atoms with van der Waals surface area (Å²) in [6, 6.07) is 4.85. The van der Waals surface area contributed by atoms with Crippen molar-refractivity contribution in [2.75, 3.05) is 18.7 Å². The Morgan fingerprint density at radius 1 is 1.30 bits per heavy atom. The lowest BCUT2D eigenvalue weighted by molar-refractivity contribution is -0.131. The van der Waals surface area contributed by atoms with Crippen LogP contribution < -0.4 is 14.8 Å². The van der Waals surface area contributed by atoms with Gasteiger partial charge in [-0.3, -0.25) is 9.69 Å². The number of alkyl halides is 1. The molecule has 0 bridgehead atoms. The minimum absolute atomic E-state index is 0.0720. The highest BCUT2D eigenvalue weighted by molar-refractivity contribution is 9.09. The number of nitrogens with one attached hydrogen (secondary N) is 1. The van der Waals surface area contributed by atoms with Crippen LogP contribution in [0.25, 0.3) is 0 Å². The van der Waals surface area contributed by atoms with E-state index < -0.39 is 11.6 Å². The van der Waals surface area contributed by atoms with Gasteiger partial charge in [0.1, 0.15) is 5.54 Å². The number of halogens is 1. The summed E-state index contributed by atoms with van der Waals surface area (Å²) in [5, 5.41) is 3.31. The summed E-state index contributed by atoms with van der Waals surface area (Å²) in [5.41, 5.74) is -0.410. The lowest BCUT2D eigenvalue weighted by atomic mass is 9.87. The molecular weight excluding hydrogens is 364 g/mol. The zero-order chi connectivity index (χ0) is 16.4. The summed E-state index contributed by atoms with van der Waals surface area (Å²) in [6.07, 6.45) is 0.430. The molecule has 0 radical (unpaired) electrons. The third-order valence-electron chi connectivity index (χ3n) is 4.00. The third kappa shape index (κ3) is 2.53. The second-order valence-corrected chi connectivity index (χ2v) is 5.70. The van der Waals surface area contributed by atoms with Crippen LogP contribution in [0.2, 0.25) is 0 Å². The van der Waals surface area contributed by atoms with Gasteiger partial charge in [0.25, 0.3) is 5.91 Å². The molecule has 0 saturated carbocycles. The van der Waals surface area contributed by atoms with Crippen LogP contribution in [0.3, 0.4) is 0 Å². The van der Waals surface area contributed by atoms with E-state index in [1.54, 1.807) is 18.2 Å². The Morgan fingerprint density at radius 2 is 2.09 bits per heavy atom. The number of benzene rings is 1. The summed E-state index contributed by atoms with van der Waals surface area (Å²) in [6.45, 7) is 2.09. The molecule has 2 aliphatic rings. The summed E-state index contributed by atoms with van der Waals surface area (Å²) >= 11 is 3.19. The van der Waals surface area contributed by atoms with Crippen molar-refractivity contribution in [3.63, 3.8) is 0 Å². The summed E-state index contributed by atoms with van der Waals surface area (Å²) in [7, 11) is 0. The van der Waals surface area contributed by atoms with Crippen LogP contribution in [0.1, 0.15) is 18.9 Å². The molecule has 3 amide bonds. The Hall–Kier alpha value is -2.20. The number of nitrogens with zero attached hydrogens (tertiary/aromatic N) is 1. The van der Waals surface area contributed by atoms with Crippen molar-refractivity contribution in [1.29, 1.82) is 0 Å². The number of amides is 3. The molecule has 120 valence electrons. The summed E-state index contributed by atoms with van der Waals surface area (Å²) in [4.78, 5) is 26.2. The van der Waals surface area contributed by atoms with E-state index in [2.05, 4.69) is 33.1 Å².